The van der Waals surface area contributed by atoms with Gasteiger partial charge in [0.2, 0.25) is 11.8 Å². The lowest BCUT2D eigenvalue weighted by atomic mass is 10.1. The third-order valence-corrected chi connectivity index (χ3v) is 7.88. The molecule has 0 radical (unpaired) electrons. The number of anilines is 1. The molecular weight excluding hydrogens is 517 g/mol. The van der Waals surface area contributed by atoms with Crippen molar-refractivity contribution in [2.45, 2.75) is 57.0 Å². The molecule has 0 aliphatic carbocycles. The van der Waals surface area contributed by atoms with Crippen LogP contribution < -0.4 is 9.62 Å². The number of para-hydroxylation sites is 1. The minimum atomic E-state index is -4.23. The van der Waals surface area contributed by atoms with E-state index in [0.717, 1.165) is 22.0 Å². The monoisotopic (exact) mass is 553 g/mol. The number of rotatable bonds is 11. The Kier molecular flexibility index (Phi) is 9.86. The van der Waals surface area contributed by atoms with Crippen molar-refractivity contribution in [1.82, 2.24) is 10.2 Å². The van der Waals surface area contributed by atoms with Gasteiger partial charge < -0.3 is 10.2 Å². The van der Waals surface area contributed by atoms with Crippen molar-refractivity contribution in [2.75, 3.05) is 17.4 Å². The molecule has 0 aliphatic rings. The Morgan fingerprint density at radius 2 is 1.46 bits per heavy atom. The molecule has 39 heavy (non-hydrogen) atoms. The lowest BCUT2D eigenvalue weighted by Crippen LogP contribution is -2.56. The van der Waals surface area contributed by atoms with Crippen LogP contribution in [0, 0.1) is 5.82 Å². The maximum absolute atomic E-state index is 13.9. The quantitative estimate of drug-likeness (QED) is 0.370. The molecule has 3 rings (SSSR count). The van der Waals surface area contributed by atoms with E-state index in [9.17, 15) is 22.4 Å². The van der Waals surface area contributed by atoms with E-state index in [-0.39, 0.29) is 23.0 Å². The lowest BCUT2D eigenvalue weighted by Gasteiger charge is -2.34. The van der Waals surface area contributed by atoms with Crippen molar-refractivity contribution in [3.05, 3.63) is 96.3 Å². The zero-order valence-electron chi connectivity index (χ0n) is 22.8. The Morgan fingerprint density at radius 3 is 2.00 bits per heavy atom. The van der Waals surface area contributed by atoms with E-state index < -0.39 is 39.9 Å². The number of nitrogens with one attached hydrogen (secondary N) is 1. The van der Waals surface area contributed by atoms with Gasteiger partial charge in [-0.05, 0) is 75.6 Å². The van der Waals surface area contributed by atoms with Crippen LogP contribution in [0.15, 0.2) is 89.8 Å². The first-order valence-electron chi connectivity index (χ1n) is 12.9. The zero-order chi connectivity index (χ0) is 28.6. The molecule has 0 heterocycles. The third kappa shape index (κ3) is 8.13. The van der Waals surface area contributed by atoms with Gasteiger partial charge in [0.15, 0.2) is 0 Å². The number of benzene rings is 3. The number of carbonyl (C=O) groups excluding carboxylic acids is 2. The van der Waals surface area contributed by atoms with Crippen LogP contribution in [0.1, 0.15) is 39.7 Å². The van der Waals surface area contributed by atoms with Gasteiger partial charge in [-0.3, -0.25) is 13.9 Å². The smallest absolute Gasteiger partial charge is 0.264 e. The second-order valence-corrected chi connectivity index (χ2v) is 12.1. The fourth-order valence-electron chi connectivity index (χ4n) is 4.21. The number of hydrogen-bond acceptors (Lipinski definition) is 4. The van der Waals surface area contributed by atoms with Crippen LogP contribution in [-0.4, -0.2) is 49.8 Å². The fourth-order valence-corrected chi connectivity index (χ4v) is 5.62. The Labute approximate surface area is 230 Å². The number of hydrogen-bond donors (Lipinski definition) is 1. The van der Waals surface area contributed by atoms with Gasteiger partial charge in [-0.1, -0.05) is 55.5 Å². The molecule has 0 bridgehead atoms. The van der Waals surface area contributed by atoms with Gasteiger partial charge in [0.1, 0.15) is 18.4 Å². The van der Waals surface area contributed by atoms with Crippen LogP contribution in [0.3, 0.4) is 0 Å². The predicted octanol–water partition coefficient (Wildman–Crippen LogP) is 4.79. The summed E-state index contributed by atoms with van der Waals surface area (Å²) in [6, 6.07) is 21.5. The topological polar surface area (TPSA) is 86.8 Å². The van der Waals surface area contributed by atoms with Crippen molar-refractivity contribution in [1.29, 1.82) is 0 Å². The maximum atomic E-state index is 13.9. The summed E-state index contributed by atoms with van der Waals surface area (Å²) in [6.45, 7) is 7.09. The Morgan fingerprint density at radius 1 is 0.897 bits per heavy atom. The standard InChI is InChI=1S/C30H36FN3O4S/c1-5-27(29(36)32-30(2,3)4)33(21-20-23-12-8-6-9-13-23)28(35)22-34(25-14-10-7-11-15-25)39(37,38)26-18-16-24(31)17-19-26/h6-19,27H,5,20-22H2,1-4H3,(H,32,36)/t27-/m1/s1. The van der Waals surface area contributed by atoms with E-state index in [1.807, 2.05) is 58.0 Å². The molecule has 2 amide bonds. The van der Waals surface area contributed by atoms with Gasteiger partial charge >= 0.3 is 0 Å². The first-order valence-corrected chi connectivity index (χ1v) is 14.3. The molecule has 9 heteroatoms. The van der Waals surface area contributed by atoms with E-state index >= 15 is 0 Å². The highest BCUT2D eigenvalue weighted by Crippen LogP contribution is 2.24. The highest BCUT2D eigenvalue weighted by Gasteiger charge is 2.34. The molecule has 0 spiro atoms. The maximum Gasteiger partial charge on any atom is 0.264 e. The normalized spacial score (nSPS) is 12.4. The van der Waals surface area contributed by atoms with Crippen LogP contribution in [-0.2, 0) is 26.0 Å². The Bertz CT molecular complexity index is 1340. The first-order chi connectivity index (χ1) is 18.4. The second-order valence-electron chi connectivity index (χ2n) is 10.3. The third-order valence-electron chi connectivity index (χ3n) is 6.09. The van der Waals surface area contributed by atoms with Crippen molar-refractivity contribution < 1.29 is 22.4 Å². The number of halogens is 1. The zero-order valence-corrected chi connectivity index (χ0v) is 23.6. The summed E-state index contributed by atoms with van der Waals surface area (Å²) in [5, 5.41) is 2.95. The van der Waals surface area contributed by atoms with Crippen LogP contribution in [0.2, 0.25) is 0 Å². The van der Waals surface area contributed by atoms with Gasteiger partial charge in [-0.25, -0.2) is 12.8 Å². The largest absolute Gasteiger partial charge is 0.350 e. The summed E-state index contributed by atoms with van der Waals surface area (Å²) in [7, 11) is -4.23. The van der Waals surface area contributed by atoms with Gasteiger partial charge in [-0.15, -0.1) is 0 Å². The molecule has 0 saturated heterocycles. The average Bonchev–Trinajstić information content (AvgIpc) is 2.89. The summed E-state index contributed by atoms with van der Waals surface area (Å²) < 4.78 is 42.0. The molecule has 3 aromatic rings. The number of nitrogens with zero attached hydrogens (tertiary/aromatic N) is 2. The summed E-state index contributed by atoms with van der Waals surface area (Å²) in [5.74, 6) is -1.39. The molecule has 7 nitrogen and oxygen atoms in total. The molecule has 0 aromatic heterocycles. The van der Waals surface area contributed by atoms with Crippen LogP contribution in [0.5, 0.6) is 0 Å². The van der Waals surface area contributed by atoms with Gasteiger partial charge in [0.25, 0.3) is 10.0 Å². The van der Waals surface area contributed by atoms with Crippen LogP contribution in [0.4, 0.5) is 10.1 Å². The Balaban J connectivity index is 1.99. The molecule has 1 atom stereocenters. The summed E-state index contributed by atoms with van der Waals surface area (Å²) >= 11 is 0. The average molecular weight is 554 g/mol. The highest BCUT2D eigenvalue weighted by atomic mass is 32.2. The minimum Gasteiger partial charge on any atom is -0.350 e. The molecule has 208 valence electrons. The lowest BCUT2D eigenvalue weighted by molar-refractivity contribution is -0.140. The number of carbonyl (C=O) groups is 2. The first kappa shape index (κ1) is 29.8. The minimum absolute atomic E-state index is 0.145. The van der Waals surface area contributed by atoms with Crippen LogP contribution in [0.25, 0.3) is 0 Å². The van der Waals surface area contributed by atoms with E-state index in [1.165, 1.54) is 17.0 Å². The van der Waals surface area contributed by atoms with E-state index in [1.54, 1.807) is 30.3 Å². The number of amides is 2. The number of sulfonamides is 1. The van der Waals surface area contributed by atoms with Gasteiger partial charge in [-0.2, -0.15) is 0 Å². The van der Waals surface area contributed by atoms with E-state index in [2.05, 4.69) is 5.32 Å². The van der Waals surface area contributed by atoms with Crippen molar-refractivity contribution in [3.63, 3.8) is 0 Å². The molecule has 1 N–H and O–H groups in total. The molecule has 0 unspecified atom stereocenters. The summed E-state index contributed by atoms with van der Waals surface area (Å²) in [5.41, 5.74) is 0.756. The fraction of sp³-hybridized carbons (Fsp3) is 0.333. The van der Waals surface area contributed by atoms with E-state index in [0.29, 0.717) is 12.8 Å². The molecule has 0 fully saturated rings. The van der Waals surface area contributed by atoms with Gasteiger partial charge in [0.05, 0.1) is 10.6 Å². The van der Waals surface area contributed by atoms with Crippen molar-refractivity contribution in [3.8, 4) is 0 Å². The molecule has 3 aromatic carbocycles. The predicted molar refractivity (Wildman–Crippen MR) is 151 cm³/mol. The summed E-state index contributed by atoms with van der Waals surface area (Å²) in [6.07, 6.45) is 0.834. The van der Waals surface area contributed by atoms with E-state index in [4.69, 9.17) is 0 Å². The SMILES string of the molecule is CC[C@H](C(=O)NC(C)(C)C)N(CCc1ccccc1)C(=O)CN(c1ccccc1)S(=O)(=O)c1ccc(F)cc1. The highest BCUT2D eigenvalue weighted by molar-refractivity contribution is 7.92. The molecule has 0 saturated carbocycles. The van der Waals surface area contributed by atoms with Gasteiger partial charge in [0, 0.05) is 12.1 Å². The van der Waals surface area contributed by atoms with Crippen molar-refractivity contribution in [2.24, 2.45) is 0 Å². The van der Waals surface area contributed by atoms with Crippen molar-refractivity contribution >= 4 is 27.5 Å². The van der Waals surface area contributed by atoms with Crippen LogP contribution >= 0.6 is 0 Å². The second kappa shape index (κ2) is 12.9. The Hall–Kier alpha value is -3.72. The molecule has 0 aliphatic heterocycles. The summed E-state index contributed by atoms with van der Waals surface area (Å²) in [4.78, 5) is 28.5. The molecular formula is C30H36FN3O4S.